The van der Waals surface area contributed by atoms with Crippen LogP contribution in [0.5, 0.6) is 34.5 Å². The molecule has 0 aliphatic heterocycles. The van der Waals surface area contributed by atoms with Gasteiger partial charge in [0.2, 0.25) is 0 Å². The molecule has 4 aromatic rings. The largest absolute Gasteiger partial charge is 0.493 e. The quantitative estimate of drug-likeness (QED) is 0.174. The van der Waals surface area contributed by atoms with Gasteiger partial charge in [-0.25, -0.2) is 0 Å². The zero-order chi connectivity index (χ0) is 26.8. The van der Waals surface area contributed by atoms with Crippen molar-refractivity contribution in [1.29, 1.82) is 0 Å². The van der Waals surface area contributed by atoms with E-state index in [0.29, 0.717) is 39.6 Å². The summed E-state index contributed by atoms with van der Waals surface area (Å²) in [4.78, 5) is 0. The molecule has 0 aromatic heterocycles. The molecule has 1 aliphatic rings. The SMILES string of the molecule is CCOc1c2c(c(OCC)c3c(OCC)cccc13)=c1c(OCC)c3c(OCC)cccc3c(OCC)c1=2. The van der Waals surface area contributed by atoms with Gasteiger partial charge in [-0.2, -0.15) is 0 Å². The van der Waals surface area contributed by atoms with Crippen molar-refractivity contribution in [2.45, 2.75) is 41.5 Å². The van der Waals surface area contributed by atoms with E-state index in [2.05, 4.69) is 12.1 Å². The third-order valence-corrected chi connectivity index (χ3v) is 6.66. The van der Waals surface area contributed by atoms with Crippen LogP contribution in [0.15, 0.2) is 36.4 Å². The average Bonchev–Trinajstić information content (AvgIpc) is 2.90. The van der Waals surface area contributed by atoms with E-state index in [0.717, 1.165) is 76.9 Å². The summed E-state index contributed by atoms with van der Waals surface area (Å²) in [6.07, 6.45) is 0. The Labute approximate surface area is 223 Å². The van der Waals surface area contributed by atoms with Crippen LogP contribution in [0.25, 0.3) is 21.5 Å². The Morgan fingerprint density at radius 2 is 0.711 bits per heavy atom. The molecule has 0 fully saturated rings. The normalized spacial score (nSPS) is 11.5. The van der Waals surface area contributed by atoms with E-state index < -0.39 is 0 Å². The maximum atomic E-state index is 6.42. The van der Waals surface area contributed by atoms with Gasteiger partial charge in [-0.1, -0.05) is 24.3 Å². The smallest absolute Gasteiger partial charge is 0.139 e. The lowest BCUT2D eigenvalue weighted by molar-refractivity contribution is 0.317. The second-order valence-corrected chi connectivity index (χ2v) is 8.77. The monoisotopic (exact) mass is 516 g/mol. The first-order valence-electron chi connectivity index (χ1n) is 13.7. The van der Waals surface area contributed by atoms with E-state index in [1.165, 1.54) is 0 Å². The second-order valence-electron chi connectivity index (χ2n) is 8.77. The predicted molar refractivity (Wildman–Crippen MR) is 150 cm³/mol. The van der Waals surface area contributed by atoms with Crippen LogP contribution >= 0.6 is 0 Å². The Balaban J connectivity index is 2.14. The highest BCUT2D eigenvalue weighted by atomic mass is 16.5. The van der Waals surface area contributed by atoms with Crippen LogP contribution in [0.1, 0.15) is 41.5 Å². The summed E-state index contributed by atoms with van der Waals surface area (Å²) in [6.45, 7) is 15.1. The summed E-state index contributed by atoms with van der Waals surface area (Å²) < 4.78 is 37.8. The first kappa shape index (κ1) is 25.8. The van der Waals surface area contributed by atoms with Crippen molar-refractivity contribution in [1.82, 2.24) is 0 Å². The van der Waals surface area contributed by atoms with Gasteiger partial charge in [-0.15, -0.1) is 0 Å². The van der Waals surface area contributed by atoms with Crippen LogP contribution in [-0.2, 0) is 0 Å². The summed E-state index contributed by atoms with van der Waals surface area (Å²) in [7, 11) is 0. The second kappa shape index (κ2) is 10.9. The average molecular weight is 517 g/mol. The molecule has 0 heterocycles. The lowest BCUT2D eigenvalue weighted by Crippen LogP contribution is -2.09. The van der Waals surface area contributed by atoms with Crippen molar-refractivity contribution in [2.75, 3.05) is 39.6 Å². The molecule has 0 bridgehead atoms. The summed E-state index contributed by atoms with van der Waals surface area (Å²) in [6, 6.07) is 12.1. The molecule has 0 radical (unpaired) electrons. The van der Waals surface area contributed by atoms with E-state index >= 15 is 0 Å². The van der Waals surface area contributed by atoms with Crippen LogP contribution in [0, 0.1) is 20.9 Å². The lowest BCUT2D eigenvalue weighted by Gasteiger charge is -2.24. The summed E-state index contributed by atoms with van der Waals surface area (Å²) in [5, 5.41) is 7.61. The van der Waals surface area contributed by atoms with E-state index in [1.54, 1.807) is 0 Å². The van der Waals surface area contributed by atoms with Crippen LogP contribution in [0.4, 0.5) is 0 Å². The number of benzene rings is 4. The van der Waals surface area contributed by atoms with Gasteiger partial charge in [-0.05, 0) is 53.7 Å². The van der Waals surface area contributed by atoms with Crippen LogP contribution in [0.3, 0.4) is 0 Å². The molecule has 0 unspecified atom stereocenters. The zero-order valence-corrected chi connectivity index (χ0v) is 23.2. The fourth-order valence-electron chi connectivity index (χ4n) is 5.49. The highest BCUT2D eigenvalue weighted by molar-refractivity contribution is 6.02. The first-order chi connectivity index (χ1) is 18.7. The van der Waals surface area contributed by atoms with Gasteiger partial charge in [0, 0.05) is 31.6 Å². The Bertz CT molecular complexity index is 1570. The predicted octanol–water partition coefficient (Wildman–Crippen LogP) is 7.27. The van der Waals surface area contributed by atoms with Crippen molar-refractivity contribution in [3.63, 3.8) is 0 Å². The Hall–Kier alpha value is -3.80. The highest BCUT2D eigenvalue weighted by Gasteiger charge is 2.28. The van der Waals surface area contributed by atoms with Gasteiger partial charge in [0.15, 0.2) is 0 Å². The summed E-state index contributed by atoms with van der Waals surface area (Å²) in [5.74, 6) is 4.69. The molecule has 0 saturated carbocycles. The standard InChI is InChI=1S/C32H36O6/c1-7-33-21-17-13-15-19-23(21)31(37-11-5)27-25(29(19)35-9-3)26-28(27)32(38-12-6)24-20(30(26)36-10-4)16-14-18-22(24)34-8-2/h13-18H,7-12H2,1-6H3. The Morgan fingerprint density at radius 1 is 0.395 bits per heavy atom. The molecule has 6 nitrogen and oxygen atoms in total. The number of hydrogen-bond acceptors (Lipinski definition) is 6. The van der Waals surface area contributed by atoms with Crippen molar-refractivity contribution in [2.24, 2.45) is 0 Å². The maximum absolute atomic E-state index is 6.42. The van der Waals surface area contributed by atoms with E-state index in [9.17, 15) is 0 Å². The molecule has 200 valence electrons. The van der Waals surface area contributed by atoms with Gasteiger partial charge in [0.1, 0.15) is 34.5 Å². The number of fused-ring (bicyclic) bond motifs is 4. The van der Waals surface area contributed by atoms with E-state index in [-0.39, 0.29) is 0 Å². The molecule has 5 rings (SSSR count). The summed E-state index contributed by atoms with van der Waals surface area (Å²) in [5.41, 5.74) is 0. The van der Waals surface area contributed by atoms with E-state index in [4.69, 9.17) is 28.4 Å². The minimum atomic E-state index is 0.505. The van der Waals surface area contributed by atoms with Gasteiger partial charge in [-0.3, -0.25) is 0 Å². The Kier molecular flexibility index (Phi) is 7.41. The van der Waals surface area contributed by atoms with Gasteiger partial charge in [0.25, 0.3) is 0 Å². The molecular formula is C32H36O6. The molecule has 0 saturated heterocycles. The number of rotatable bonds is 12. The third kappa shape index (κ3) is 3.85. The van der Waals surface area contributed by atoms with Gasteiger partial charge < -0.3 is 28.4 Å². The van der Waals surface area contributed by atoms with Crippen LogP contribution < -0.4 is 28.4 Å². The van der Waals surface area contributed by atoms with Gasteiger partial charge in [0.05, 0.1) is 50.4 Å². The minimum Gasteiger partial charge on any atom is -0.493 e. The molecule has 0 spiro atoms. The number of ether oxygens (including phenoxy) is 6. The lowest BCUT2D eigenvalue weighted by atomic mass is 9.90. The molecule has 6 heteroatoms. The number of hydrogen-bond donors (Lipinski definition) is 0. The van der Waals surface area contributed by atoms with Crippen LogP contribution in [-0.4, -0.2) is 39.6 Å². The van der Waals surface area contributed by atoms with E-state index in [1.807, 2.05) is 65.8 Å². The fraction of sp³-hybridized carbons (Fsp3) is 0.375. The topological polar surface area (TPSA) is 55.4 Å². The van der Waals surface area contributed by atoms with Crippen molar-refractivity contribution >= 4 is 21.5 Å². The van der Waals surface area contributed by atoms with Crippen molar-refractivity contribution in [3.05, 3.63) is 57.3 Å². The molecule has 4 aromatic carbocycles. The molecular weight excluding hydrogens is 480 g/mol. The molecule has 38 heavy (non-hydrogen) atoms. The van der Waals surface area contributed by atoms with Gasteiger partial charge >= 0.3 is 0 Å². The van der Waals surface area contributed by atoms with Crippen molar-refractivity contribution in [3.8, 4) is 34.5 Å². The zero-order valence-electron chi connectivity index (χ0n) is 23.2. The first-order valence-corrected chi connectivity index (χ1v) is 13.7. The molecule has 0 amide bonds. The maximum Gasteiger partial charge on any atom is 0.139 e. The highest BCUT2D eigenvalue weighted by Crippen LogP contribution is 2.50. The minimum absolute atomic E-state index is 0.505. The Morgan fingerprint density at radius 3 is 1.05 bits per heavy atom. The fourth-order valence-corrected chi connectivity index (χ4v) is 5.49. The van der Waals surface area contributed by atoms with Crippen LogP contribution in [0.2, 0.25) is 0 Å². The third-order valence-electron chi connectivity index (χ3n) is 6.66. The molecule has 1 aliphatic carbocycles. The van der Waals surface area contributed by atoms with Crippen molar-refractivity contribution < 1.29 is 28.4 Å². The molecule has 0 N–H and O–H groups in total. The molecule has 0 atom stereocenters. The summed E-state index contributed by atoms with van der Waals surface area (Å²) >= 11 is 0.